The predicted octanol–water partition coefficient (Wildman–Crippen LogP) is 4.40. The van der Waals surface area contributed by atoms with E-state index in [1.165, 1.54) is 18.2 Å². The Kier molecular flexibility index (Phi) is 4.58. The lowest BCUT2D eigenvalue weighted by Gasteiger charge is -2.35. The van der Waals surface area contributed by atoms with Crippen LogP contribution in [0.15, 0.2) is 60.3 Å². The van der Waals surface area contributed by atoms with E-state index in [4.69, 9.17) is 5.11 Å². The Bertz CT molecular complexity index is 1150. The fourth-order valence-corrected chi connectivity index (χ4v) is 3.55. The van der Waals surface area contributed by atoms with Gasteiger partial charge in [0.2, 0.25) is 0 Å². The molecule has 2 aliphatic rings. The van der Waals surface area contributed by atoms with Crippen LogP contribution >= 0.6 is 0 Å². The van der Waals surface area contributed by atoms with Crippen molar-refractivity contribution in [2.24, 2.45) is 0 Å². The summed E-state index contributed by atoms with van der Waals surface area (Å²) in [7, 11) is 0. The first kappa shape index (κ1) is 18.7. The van der Waals surface area contributed by atoms with Crippen LogP contribution in [0.1, 0.15) is 27.9 Å². The van der Waals surface area contributed by atoms with Crippen molar-refractivity contribution in [1.29, 1.82) is 0 Å². The van der Waals surface area contributed by atoms with E-state index in [1.54, 1.807) is 23.1 Å². The van der Waals surface area contributed by atoms with Crippen LogP contribution in [0.2, 0.25) is 0 Å². The number of halogens is 3. The third-order valence-electron chi connectivity index (χ3n) is 4.88. The van der Waals surface area contributed by atoms with Gasteiger partial charge in [-0.1, -0.05) is 12.1 Å². The number of aromatic carboxylic acids is 1. The largest absolute Gasteiger partial charge is 0.478 e. The number of hydrogen-bond donors (Lipinski definition) is 1. The zero-order valence-corrected chi connectivity index (χ0v) is 15.0. The molecule has 0 fully saturated rings. The normalized spacial score (nSPS) is 16.0. The highest BCUT2D eigenvalue weighted by molar-refractivity contribution is 6.23. The highest BCUT2D eigenvalue weighted by Gasteiger charge is 2.31. The Balaban J connectivity index is 1.85. The molecule has 0 unspecified atom stereocenters. The highest BCUT2D eigenvalue weighted by Crippen LogP contribution is 2.38. The molecule has 0 spiro atoms. The molecule has 0 aromatic heterocycles. The van der Waals surface area contributed by atoms with Gasteiger partial charge in [-0.2, -0.15) is 0 Å². The minimum atomic E-state index is -1.28. The number of ketones is 1. The molecule has 7 heteroatoms. The summed E-state index contributed by atoms with van der Waals surface area (Å²) in [6.45, 7) is 0.249. The van der Waals surface area contributed by atoms with Gasteiger partial charge < -0.3 is 10.0 Å². The minimum absolute atomic E-state index is 0.0230. The van der Waals surface area contributed by atoms with Gasteiger partial charge in [0, 0.05) is 30.2 Å². The first-order chi connectivity index (χ1) is 13.9. The van der Waals surface area contributed by atoms with Crippen LogP contribution < -0.4 is 0 Å². The van der Waals surface area contributed by atoms with Gasteiger partial charge in [-0.05, 0) is 36.4 Å². The summed E-state index contributed by atoms with van der Waals surface area (Å²) in [6, 6.07) is 6.57. The van der Waals surface area contributed by atoms with Crippen molar-refractivity contribution in [3.63, 3.8) is 0 Å². The van der Waals surface area contributed by atoms with E-state index in [0.29, 0.717) is 11.4 Å². The number of carbonyl (C=O) groups excluding carboxylic acids is 1. The van der Waals surface area contributed by atoms with Crippen molar-refractivity contribution in [1.82, 2.24) is 4.90 Å². The second-order valence-electron chi connectivity index (χ2n) is 6.62. The van der Waals surface area contributed by atoms with Crippen molar-refractivity contribution in [2.45, 2.75) is 6.42 Å². The summed E-state index contributed by atoms with van der Waals surface area (Å²) in [4.78, 5) is 25.4. The van der Waals surface area contributed by atoms with Crippen molar-refractivity contribution in [3.05, 3.63) is 94.5 Å². The van der Waals surface area contributed by atoms with Gasteiger partial charge in [0.05, 0.1) is 22.5 Å². The number of allylic oxidation sites excluding steroid dienone is 4. The number of carbonyl (C=O) groups is 2. The minimum Gasteiger partial charge on any atom is -0.478 e. The summed E-state index contributed by atoms with van der Waals surface area (Å²) < 4.78 is 42.3. The summed E-state index contributed by atoms with van der Waals surface area (Å²) in [5, 5.41) is 9.02. The third kappa shape index (κ3) is 3.24. The third-order valence-corrected chi connectivity index (χ3v) is 4.88. The van der Waals surface area contributed by atoms with Gasteiger partial charge in [-0.25, -0.2) is 18.0 Å². The maximum atomic E-state index is 14.6. The molecule has 2 aliphatic heterocycles. The van der Waals surface area contributed by atoms with Gasteiger partial charge in [0.1, 0.15) is 17.5 Å². The van der Waals surface area contributed by atoms with Crippen LogP contribution in [0, 0.1) is 17.5 Å². The lowest BCUT2D eigenvalue weighted by atomic mass is 9.90. The molecule has 2 aromatic carbocycles. The van der Waals surface area contributed by atoms with E-state index in [9.17, 15) is 22.8 Å². The summed E-state index contributed by atoms with van der Waals surface area (Å²) in [5.41, 5.74) is 0.797. The molecule has 29 heavy (non-hydrogen) atoms. The molecule has 0 bridgehead atoms. The zero-order chi connectivity index (χ0) is 20.7. The summed E-state index contributed by atoms with van der Waals surface area (Å²) in [5.74, 6) is -3.87. The molecule has 0 radical (unpaired) electrons. The van der Waals surface area contributed by atoms with Crippen LogP contribution in [-0.2, 0) is 4.79 Å². The second-order valence-corrected chi connectivity index (χ2v) is 6.62. The van der Waals surface area contributed by atoms with E-state index in [1.807, 2.05) is 0 Å². The topological polar surface area (TPSA) is 57.6 Å². The molecule has 1 N–H and O–H groups in total. The number of carboxylic acids is 1. The molecule has 0 saturated heterocycles. The number of hydrogen-bond acceptors (Lipinski definition) is 3. The summed E-state index contributed by atoms with van der Waals surface area (Å²) >= 11 is 0. The maximum absolute atomic E-state index is 14.6. The van der Waals surface area contributed by atoms with Gasteiger partial charge in [-0.3, -0.25) is 4.79 Å². The molecule has 4 nitrogen and oxygen atoms in total. The Hall–Kier alpha value is -3.61. The van der Waals surface area contributed by atoms with Crippen LogP contribution in [-0.4, -0.2) is 28.3 Å². The smallest absolute Gasteiger partial charge is 0.335 e. The maximum Gasteiger partial charge on any atom is 0.335 e. The average molecular weight is 397 g/mol. The van der Waals surface area contributed by atoms with Gasteiger partial charge in [-0.15, -0.1) is 0 Å². The standard InChI is InChI=1S/C22H14F3NO3/c23-13-5-7-14(17(25)11-13)18-2-1-3-19-21(20(27)8-9-26(18)19)15-6-4-12(22(28)29)10-16(15)24/h1-7,10-11H,8-9H2,(H,28,29). The molecule has 0 amide bonds. The Labute approximate surface area is 163 Å². The molecular formula is C22H14F3NO3. The molecule has 146 valence electrons. The quantitative estimate of drug-likeness (QED) is 0.834. The number of carboxylic acid groups (broad SMARTS) is 1. The molecule has 2 aromatic rings. The van der Waals surface area contributed by atoms with Crippen LogP contribution in [0.5, 0.6) is 0 Å². The van der Waals surface area contributed by atoms with Crippen LogP contribution in [0.25, 0.3) is 11.3 Å². The lowest BCUT2D eigenvalue weighted by molar-refractivity contribution is -0.114. The highest BCUT2D eigenvalue weighted by atomic mass is 19.1. The Morgan fingerprint density at radius 3 is 2.41 bits per heavy atom. The van der Waals surface area contributed by atoms with E-state index >= 15 is 0 Å². The van der Waals surface area contributed by atoms with Gasteiger partial charge >= 0.3 is 5.97 Å². The first-order valence-corrected chi connectivity index (χ1v) is 8.79. The second kappa shape index (κ2) is 7.09. The molecule has 0 saturated carbocycles. The molecule has 0 aliphatic carbocycles. The monoisotopic (exact) mass is 397 g/mol. The first-order valence-electron chi connectivity index (χ1n) is 8.79. The SMILES string of the molecule is O=C1CCN2C(c3ccc(F)cc3F)=CC=CC2=C1c1ccc(C(=O)O)cc1F. The van der Waals surface area contributed by atoms with Gasteiger partial charge in [0.25, 0.3) is 0 Å². The number of Topliss-reactive ketones (excluding diaryl/α,β-unsaturated/α-hetero) is 1. The lowest BCUT2D eigenvalue weighted by Crippen LogP contribution is -2.32. The van der Waals surface area contributed by atoms with Crippen molar-refractivity contribution in [3.8, 4) is 0 Å². The number of rotatable bonds is 3. The van der Waals surface area contributed by atoms with Crippen molar-refractivity contribution >= 4 is 23.0 Å². The summed E-state index contributed by atoms with van der Waals surface area (Å²) in [6.07, 6.45) is 4.91. The fraction of sp³-hybridized carbons (Fsp3) is 0.0909. The number of fused-ring (bicyclic) bond motifs is 1. The van der Waals surface area contributed by atoms with Crippen molar-refractivity contribution < 1.29 is 27.9 Å². The average Bonchev–Trinajstić information content (AvgIpc) is 2.68. The Morgan fingerprint density at radius 2 is 1.72 bits per heavy atom. The zero-order valence-electron chi connectivity index (χ0n) is 15.0. The molecule has 4 rings (SSSR count). The molecule has 0 atom stereocenters. The number of nitrogens with zero attached hydrogens (tertiary/aromatic N) is 1. The predicted molar refractivity (Wildman–Crippen MR) is 100 cm³/mol. The van der Waals surface area contributed by atoms with E-state index in [0.717, 1.165) is 18.2 Å². The van der Waals surface area contributed by atoms with Gasteiger partial charge in [0.15, 0.2) is 5.78 Å². The van der Waals surface area contributed by atoms with E-state index in [2.05, 4.69) is 0 Å². The number of benzene rings is 2. The Morgan fingerprint density at radius 1 is 1.00 bits per heavy atom. The van der Waals surface area contributed by atoms with E-state index < -0.39 is 23.4 Å². The van der Waals surface area contributed by atoms with E-state index in [-0.39, 0.29) is 41.0 Å². The molecular weight excluding hydrogens is 383 g/mol. The van der Waals surface area contributed by atoms with Crippen molar-refractivity contribution in [2.75, 3.05) is 6.54 Å². The van der Waals surface area contributed by atoms with Crippen LogP contribution in [0.3, 0.4) is 0 Å². The fourth-order valence-electron chi connectivity index (χ4n) is 3.55. The molecule has 2 heterocycles. The van der Waals surface area contributed by atoms with Crippen LogP contribution in [0.4, 0.5) is 13.2 Å².